The van der Waals surface area contributed by atoms with Crippen LogP contribution in [0.4, 0.5) is 0 Å². The largest absolute Gasteiger partial charge is 0.355 e. The van der Waals surface area contributed by atoms with Crippen molar-refractivity contribution in [2.75, 3.05) is 19.8 Å². The second kappa shape index (κ2) is 8.23. The number of nitrogens with zero attached hydrogens (tertiary/aromatic N) is 3. The van der Waals surface area contributed by atoms with E-state index in [4.69, 9.17) is 0 Å². The Balaban J connectivity index is 0.00000220. The van der Waals surface area contributed by atoms with Crippen molar-refractivity contribution in [2.45, 2.75) is 25.1 Å². The first-order valence-electron chi connectivity index (χ1n) is 6.45. The number of hydrogen-bond acceptors (Lipinski definition) is 4. The van der Waals surface area contributed by atoms with Gasteiger partial charge in [-0.15, -0.1) is 35.3 Å². The molecule has 118 valence electrons. The zero-order valence-electron chi connectivity index (χ0n) is 12.7. The molecule has 2 rings (SSSR count). The molecule has 0 atom stereocenters. The number of nitrogens with one attached hydrogen (secondary N) is 2. The van der Waals surface area contributed by atoms with E-state index in [1.807, 2.05) is 33.9 Å². The van der Waals surface area contributed by atoms with Gasteiger partial charge in [0.25, 0.3) is 0 Å². The van der Waals surface area contributed by atoms with E-state index in [0.717, 1.165) is 23.2 Å². The van der Waals surface area contributed by atoms with Crippen LogP contribution in [-0.2, 0) is 6.54 Å². The number of hydrogen-bond donors (Lipinski definition) is 2. The molecule has 0 bridgehead atoms. The molecule has 0 aliphatic heterocycles. The van der Waals surface area contributed by atoms with Crippen molar-refractivity contribution < 1.29 is 0 Å². The quantitative estimate of drug-likeness (QED) is 0.428. The molecule has 2 aromatic rings. The molecule has 0 aliphatic carbocycles. The van der Waals surface area contributed by atoms with Crippen LogP contribution in [0.25, 0.3) is 4.96 Å². The topological polar surface area (TPSA) is 53.7 Å². The fourth-order valence-electron chi connectivity index (χ4n) is 1.62. The highest BCUT2D eigenvalue weighted by Crippen LogP contribution is 2.19. The van der Waals surface area contributed by atoms with E-state index in [2.05, 4.69) is 40.7 Å². The number of thiazole rings is 1. The summed E-state index contributed by atoms with van der Waals surface area (Å²) in [5.41, 5.74) is 1.02. The van der Waals surface area contributed by atoms with Crippen LogP contribution in [0.1, 0.15) is 19.5 Å². The number of aliphatic imine (C=N–C) groups is 1. The maximum atomic E-state index is 4.54. The maximum Gasteiger partial charge on any atom is 0.193 e. The van der Waals surface area contributed by atoms with Crippen molar-refractivity contribution in [1.29, 1.82) is 0 Å². The first kappa shape index (κ1) is 18.6. The van der Waals surface area contributed by atoms with Crippen LogP contribution >= 0.6 is 47.1 Å². The van der Waals surface area contributed by atoms with Crippen molar-refractivity contribution in [2.24, 2.45) is 4.99 Å². The third-order valence-electron chi connectivity index (χ3n) is 3.04. The molecule has 0 saturated carbocycles. The number of aromatic nitrogens is 2. The second-order valence-electron chi connectivity index (χ2n) is 5.07. The summed E-state index contributed by atoms with van der Waals surface area (Å²) < 4.78 is 2.23. The zero-order chi connectivity index (χ0) is 14.6. The van der Waals surface area contributed by atoms with Crippen LogP contribution in [0, 0.1) is 0 Å². The summed E-state index contributed by atoms with van der Waals surface area (Å²) in [5, 5.41) is 8.67. The van der Waals surface area contributed by atoms with Gasteiger partial charge in [-0.25, -0.2) is 4.98 Å². The van der Waals surface area contributed by atoms with Crippen molar-refractivity contribution in [3.05, 3.63) is 23.5 Å². The van der Waals surface area contributed by atoms with Crippen molar-refractivity contribution in [3.63, 3.8) is 0 Å². The van der Waals surface area contributed by atoms with Gasteiger partial charge >= 0.3 is 0 Å². The molecule has 2 heterocycles. The fraction of sp³-hybridized carbons (Fsp3) is 0.538. The Morgan fingerprint density at radius 2 is 2.24 bits per heavy atom. The first-order valence-corrected chi connectivity index (χ1v) is 8.55. The lowest BCUT2D eigenvalue weighted by atomic mass is 10.2. The van der Waals surface area contributed by atoms with E-state index >= 15 is 0 Å². The molecule has 0 radical (unpaired) electrons. The lowest BCUT2D eigenvalue weighted by Gasteiger charge is -2.23. The van der Waals surface area contributed by atoms with E-state index in [-0.39, 0.29) is 28.7 Å². The lowest BCUT2D eigenvalue weighted by Crippen LogP contribution is -2.43. The highest BCUT2D eigenvalue weighted by Gasteiger charge is 2.16. The Morgan fingerprint density at radius 3 is 2.86 bits per heavy atom. The minimum Gasteiger partial charge on any atom is -0.355 e. The Labute approximate surface area is 151 Å². The van der Waals surface area contributed by atoms with Gasteiger partial charge in [0.2, 0.25) is 0 Å². The second-order valence-corrected chi connectivity index (χ2v) is 7.45. The highest BCUT2D eigenvalue weighted by atomic mass is 127. The third kappa shape index (κ3) is 5.33. The van der Waals surface area contributed by atoms with Gasteiger partial charge in [-0.2, -0.15) is 11.8 Å². The van der Waals surface area contributed by atoms with E-state index in [1.165, 1.54) is 0 Å². The smallest absolute Gasteiger partial charge is 0.193 e. The highest BCUT2D eigenvalue weighted by molar-refractivity contribution is 14.0. The molecule has 0 unspecified atom stereocenters. The molecule has 0 saturated heterocycles. The molecule has 21 heavy (non-hydrogen) atoms. The molecule has 0 aliphatic rings. The molecule has 2 aromatic heterocycles. The van der Waals surface area contributed by atoms with Crippen LogP contribution in [0.5, 0.6) is 0 Å². The number of fused-ring (bicyclic) bond motifs is 1. The van der Waals surface area contributed by atoms with Gasteiger partial charge in [-0.05, 0) is 20.1 Å². The predicted molar refractivity (Wildman–Crippen MR) is 104 cm³/mol. The van der Waals surface area contributed by atoms with E-state index < -0.39 is 0 Å². The maximum absolute atomic E-state index is 4.54. The lowest BCUT2D eigenvalue weighted by molar-refractivity contribution is 0.663. The number of guanidine groups is 1. The molecule has 2 N–H and O–H groups in total. The number of thioether (sulfide) groups is 1. The van der Waals surface area contributed by atoms with Gasteiger partial charge in [0, 0.05) is 36.1 Å². The molecule has 0 fully saturated rings. The minimum atomic E-state index is 0. The number of rotatable bonds is 5. The molecular weight excluding hydrogens is 417 g/mol. The molecule has 5 nitrogen and oxygen atoms in total. The Morgan fingerprint density at radius 1 is 1.48 bits per heavy atom. The van der Waals surface area contributed by atoms with Crippen LogP contribution in [0.2, 0.25) is 0 Å². The minimum absolute atomic E-state index is 0. The molecule has 0 spiro atoms. The fourth-order valence-corrected chi connectivity index (χ4v) is 2.56. The van der Waals surface area contributed by atoms with Crippen LogP contribution in [0.15, 0.2) is 22.8 Å². The van der Waals surface area contributed by atoms with Crippen LogP contribution in [-0.4, -0.2) is 39.9 Å². The van der Waals surface area contributed by atoms with E-state index in [9.17, 15) is 0 Å². The van der Waals surface area contributed by atoms with Gasteiger partial charge in [0.05, 0.1) is 12.2 Å². The SMILES string of the molecule is CN=C(NCc1cn2ccsc2n1)NCC(C)(C)SC.I. The van der Waals surface area contributed by atoms with Crippen molar-refractivity contribution in [1.82, 2.24) is 20.0 Å². The van der Waals surface area contributed by atoms with Crippen LogP contribution in [0.3, 0.4) is 0 Å². The Kier molecular flexibility index (Phi) is 7.28. The van der Waals surface area contributed by atoms with Crippen molar-refractivity contribution in [3.8, 4) is 0 Å². The molecule has 0 aromatic carbocycles. The summed E-state index contributed by atoms with van der Waals surface area (Å²) in [7, 11) is 1.78. The number of imidazole rings is 1. The van der Waals surface area contributed by atoms with Gasteiger partial charge in [-0.3, -0.25) is 9.39 Å². The summed E-state index contributed by atoms with van der Waals surface area (Å²) in [6.45, 7) is 5.96. The average Bonchev–Trinajstić information content (AvgIpc) is 2.99. The summed E-state index contributed by atoms with van der Waals surface area (Å²) in [4.78, 5) is 9.79. The molecule has 0 amide bonds. The monoisotopic (exact) mass is 439 g/mol. The predicted octanol–water partition coefficient (Wildman–Crippen LogP) is 2.82. The average molecular weight is 439 g/mol. The summed E-state index contributed by atoms with van der Waals surface area (Å²) in [5.74, 6) is 0.809. The standard InChI is InChI=1S/C13H21N5S2.HI/c1-13(2,19-4)9-16-11(14-3)15-7-10-8-18-5-6-20-12(18)17-10;/h5-6,8H,7,9H2,1-4H3,(H2,14,15,16);1H. The summed E-state index contributed by atoms with van der Waals surface area (Å²) >= 11 is 3.48. The first-order chi connectivity index (χ1) is 9.54. The van der Waals surface area contributed by atoms with Gasteiger partial charge in [0.15, 0.2) is 10.9 Å². The van der Waals surface area contributed by atoms with Gasteiger partial charge in [0.1, 0.15) is 0 Å². The molecule has 8 heteroatoms. The van der Waals surface area contributed by atoms with Gasteiger partial charge in [-0.1, -0.05) is 0 Å². The van der Waals surface area contributed by atoms with Crippen LogP contribution < -0.4 is 10.6 Å². The normalized spacial score (nSPS) is 12.3. The van der Waals surface area contributed by atoms with E-state index in [0.29, 0.717) is 6.54 Å². The zero-order valence-corrected chi connectivity index (χ0v) is 16.7. The number of halogens is 1. The van der Waals surface area contributed by atoms with Crippen molar-refractivity contribution >= 4 is 58.0 Å². The molecular formula is C13H22IN5S2. The summed E-state index contributed by atoms with van der Waals surface area (Å²) in [6.07, 6.45) is 6.18. The summed E-state index contributed by atoms with van der Waals surface area (Å²) in [6, 6.07) is 0. The third-order valence-corrected chi connectivity index (χ3v) is 5.06. The van der Waals surface area contributed by atoms with E-state index in [1.54, 1.807) is 18.4 Å². The van der Waals surface area contributed by atoms with Gasteiger partial charge < -0.3 is 10.6 Å². The Bertz CT molecular complexity index is 562. The Hall–Kier alpha value is -0.480.